The maximum Gasteiger partial charge on any atom is 0.150 e. The monoisotopic (exact) mass is 277 g/mol. The van der Waals surface area contributed by atoms with E-state index in [9.17, 15) is 8.42 Å². The third kappa shape index (κ3) is 4.93. The van der Waals surface area contributed by atoms with E-state index in [4.69, 9.17) is 22.1 Å². The second-order valence-corrected chi connectivity index (χ2v) is 6.41. The Morgan fingerprint density at radius 2 is 2.12 bits per heavy atom. The SMILES string of the molecule is CS(=O)(=O)CCOc1c(Cl)cccc1CCN. The lowest BCUT2D eigenvalue weighted by molar-refractivity contribution is 0.337. The molecule has 0 atom stereocenters. The zero-order valence-electron chi connectivity index (χ0n) is 9.65. The normalized spacial score (nSPS) is 11.5. The average Bonchev–Trinajstić information content (AvgIpc) is 2.21. The molecule has 0 aliphatic heterocycles. The van der Waals surface area contributed by atoms with Gasteiger partial charge in [0.25, 0.3) is 0 Å². The lowest BCUT2D eigenvalue weighted by atomic mass is 10.1. The number of ether oxygens (including phenoxy) is 1. The molecule has 0 spiro atoms. The molecule has 4 nitrogen and oxygen atoms in total. The van der Waals surface area contributed by atoms with Crippen LogP contribution in [0.5, 0.6) is 5.75 Å². The van der Waals surface area contributed by atoms with E-state index in [-0.39, 0.29) is 12.4 Å². The summed E-state index contributed by atoms with van der Waals surface area (Å²) in [5.74, 6) is 0.503. The molecule has 17 heavy (non-hydrogen) atoms. The van der Waals surface area contributed by atoms with Gasteiger partial charge in [0.05, 0.1) is 10.8 Å². The highest BCUT2D eigenvalue weighted by Crippen LogP contribution is 2.28. The van der Waals surface area contributed by atoms with E-state index in [2.05, 4.69) is 0 Å². The Balaban J connectivity index is 2.75. The van der Waals surface area contributed by atoms with Crippen LogP contribution >= 0.6 is 11.6 Å². The first-order chi connectivity index (χ1) is 7.94. The van der Waals surface area contributed by atoms with Gasteiger partial charge in [-0.05, 0) is 24.6 Å². The minimum Gasteiger partial charge on any atom is -0.491 e. The molecule has 1 rings (SSSR count). The van der Waals surface area contributed by atoms with E-state index < -0.39 is 9.84 Å². The number of hydrogen-bond acceptors (Lipinski definition) is 4. The standard InChI is InChI=1S/C11H16ClNO3S/c1-17(14,15)8-7-16-11-9(5-6-13)3-2-4-10(11)12/h2-4H,5-8,13H2,1H3. The molecule has 96 valence electrons. The van der Waals surface area contributed by atoms with Crippen molar-refractivity contribution in [2.75, 3.05) is 25.2 Å². The van der Waals surface area contributed by atoms with Gasteiger partial charge in [-0.25, -0.2) is 8.42 Å². The van der Waals surface area contributed by atoms with E-state index in [1.54, 1.807) is 6.07 Å². The first-order valence-corrected chi connectivity index (χ1v) is 7.66. The molecule has 0 aliphatic carbocycles. The fraction of sp³-hybridized carbons (Fsp3) is 0.455. The maximum absolute atomic E-state index is 11.0. The van der Waals surface area contributed by atoms with Crippen molar-refractivity contribution in [2.24, 2.45) is 5.73 Å². The molecule has 0 bridgehead atoms. The minimum atomic E-state index is -3.03. The second-order valence-electron chi connectivity index (χ2n) is 3.75. The molecule has 0 amide bonds. The van der Waals surface area contributed by atoms with Gasteiger partial charge >= 0.3 is 0 Å². The van der Waals surface area contributed by atoms with Crippen molar-refractivity contribution in [1.82, 2.24) is 0 Å². The molecule has 1 aromatic rings. The second kappa shape index (κ2) is 6.23. The van der Waals surface area contributed by atoms with Gasteiger partial charge in [0.15, 0.2) is 9.84 Å². The fourth-order valence-corrected chi connectivity index (χ4v) is 2.00. The van der Waals surface area contributed by atoms with Crippen LogP contribution in [0.3, 0.4) is 0 Å². The van der Waals surface area contributed by atoms with E-state index in [0.717, 1.165) is 5.56 Å². The average molecular weight is 278 g/mol. The zero-order valence-corrected chi connectivity index (χ0v) is 11.2. The smallest absolute Gasteiger partial charge is 0.150 e. The lowest BCUT2D eigenvalue weighted by Crippen LogP contribution is -2.13. The molecule has 0 saturated carbocycles. The van der Waals surface area contributed by atoms with Gasteiger partial charge in [-0.3, -0.25) is 0 Å². The summed E-state index contributed by atoms with van der Waals surface area (Å²) in [4.78, 5) is 0. The topological polar surface area (TPSA) is 69.4 Å². The number of halogens is 1. The van der Waals surface area contributed by atoms with Crippen LogP contribution in [0, 0.1) is 0 Å². The van der Waals surface area contributed by atoms with E-state index in [1.165, 1.54) is 6.26 Å². The Hall–Kier alpha value is -0.780. The molecular formula is C11H16ClNO3S. The van der Waals surface area contributed by atoms with Crippen molar-refractivity contribution < 1.29 is 13.2 Å². The number of benzene rings is 1. The minimum absolute atomic E-state index is 0.0275. The van der Waals surface area contributed by atoms with Gasteiger partial charge in [0, 0.05) is 6.26 Å². The summed E-state index contributed by atoms with van der Waals surface area (Å²) >= 11 is 6.00. The molecule has 0 unspecified atom stereocenters. The quantitative estimate of drug-likeness (QED) is 0.850. The van der Waals surface area contributed by atoms with Crippen LogP contribution in [0.15, 0.2) is 18.2 Å². The zero-order chi connectivity index (χ0) is 12.9. The lowest BCUT2D eigenvalue weighted by Gasteiger charge is -2.12. The van der Waals surface area contributed by atoms with Crippen LogP contribution in [0.4, 0.5) is 0 Å². The number of nitrogens with two attached hydrogens (primary N) is 1. The Labute approximate surface area is 107 Å². The third-order valence-electron chi connectivity index (χ3n) is 2.16. The Bertz CT molecular complexity index is 474. The predicted molar refractivity (Wildman–Crippen MR) is 69.4 cm³/mol. The van der Waals surface area contributed by atoms with E-state index in [0.29, 0.717) is 23.7 Å². The Morgan fingerprint density at radius 1 is 1.41 bits per heavy atom. The summed E-state index contributed by atoms with van der Waals surface area (Å²) in [5.41, 5.74) is 6.38. The predicted octanol–water partition coefficient (Wildman–Crippen LogP) is 1.26. The van der Waals surface area contributed by atoms with E-state index in [1.807, 2.05) is 12.1 Å². The van der Waals surface area contributed by atoms with Crippen molar-refractivity contribution in [3.05, 3.63) is 28.8 Å². The number of rotatable bonds is 6. The van der Waals surface area contributed by atoms with Crippen molar-refractivity contribution in [2.45, 2.75) is 6.42 Å². The molecule has 0 radical (unpaired) electrons. The van der Waals surface area contributed by atoms with Gasteiger partial charge < -0.3 is 10.5 Å². The molecule has 0 saturated heterocycles. The summed E-state index contributed by atoms with van der Waals surface area (Å²) < 4.78 is 27.4. The molecule has 2 N–H and O–H groups in total. The van der Waals surface area contributed by atoms with Crippen LogP contribution in [0.2, 0.25) is 5.02 Å². The van der Waals surface area contributed by atoms with Crippen LogP contribution in [0.1, 0.15) is 5.56 Å². The van der Waals surface area contributed by atoms with Gasteiger partial charge in [-0.15, -0.1) is 0 Å². The number of sulfone groups is 1. The largest absolute Gasteiger partial charge is 0.491 e. The molecule has 6 heteroatoms. The van der Waals surface area contributed by atoms with Crippen molar-refractivity contribution >= 4 is 21.4 Å². The van der Waals surface area contributed by atoms with Crippen LogP contribution in [-0.4, -0.2) is 33.6 Å². The van der Waals surface area contributed by atoms with Gasteiger partial charge in [-0.1, -0.05) is 23.7 Å². The highest BCUT2D eigenvalue weighted by molar-refractivity contribution is 7.90. The molecule has 1 aromatic carbocycles. The van der Waals surface area contributed by atoms with Crippen molar-refractivity contribution in [1.29, 1.82) is 0 Å². The number of hydrogen-bond donors (Lipinski definition) is 1. The maximum atomic E-state index is 11.0. The highest BCUT2D eigenvalue weighted by atomic mass is 35.5. The van der Waals surface area contributed by atoms with Gasteiger partial charge in [-0.2, -0.15) is 0 Å². The summed E-state index contributed by atoms with van der Waals surface area (Å²) in [5, 5.41) is 0.476. The molecule has 0 aromatic heterocycles. The first kappa shape index (κ1) is 14.3. The summed E-state index contributed by atoms with van der Waals surface area (Å²) in [6, 6.07) is 5.39. The Kier molecular flexibility index (Phi) is 5.24. The van der Waals surface area contributed by atoms with Crippen molar-refractivity contribution in [3.8, 4) is 5.75 Å². The fourth-order valence-electron chi connectivity index (χ4n) is 1.36. The Morgan fingerprint density at radius 3 is 2.71 bits per heavy atom. The summed E-state index contributed by atoms with van der Waals surface area (Å²) in [7, 11) is -3.03. The van der Waals surface area contributed by atoms with Crippen LogP contribution in [0.25, 0.3) is 0 Å². The van der Waals surface area contributed by atoms with Crippen molar-refractivity contribution in [3.63, 3.8) is 0 Å². The van der Waals surface area contributed by atoms with E-state index >= 15 is 0 Å². The van der Waals surface area contributed by atoms with Crippen LogP contribution < -0.4 is 10.5 Å². The first-order valence-electron chi connectivity index (χ1n) is 5.22. The highest BCUT2D eigenvalue weighted by Gasteiger charge is 2.09. The van der Waals surface area contributed by atoms with Crippen LogP contribution in [-0.2, 0) is 16.3 Å². The summed E-state index contributed by atoms with van der Waals surface area (Å²) in [6.07, 6.45) is 1.82. The number of para-hydroxylation sites is 1. The molecule has 0 heterocycles. The van der Waals surface area contributed by atoms with Gasteiger partial charge in [0.2, 0.25) is 0 Å². The van der Waals surface area contributed by atoms with Gasteiger partial charge in [0.1, 0.15) is 12.4 Å². The third-order valence-corrected chi connectivity index (χ3v) is 3.37. The summed E-state index contributed by atoms with van der Waals surface area (Å²) in [6.45, 7) is 0.586. The molecule has 0 aliphatic rings. The molecular weight excluding hydrogens is 262 g/mol. The molecule has 0 fully saturated rings.